The summed E-state index contributed by atoms with van der Waals surface area (Å²) in [5.41, 5.74) is 0.639. The molecular weight excluding hydrogens is 323 g/mol. The molecule has 1 aliphatic rings. The maximum atomic E-state index is 13.5. The smallest absolute Gasteiger partial charge is 0.318 e. The molecule has 1 aliphatic heterocycles. The first-order valence-corrected chi connectivity index (χ1v) is 8.04. The number of carbonyl (C=O) groups is 1. The van der Waals surface area contributed by atoms with E-state index in [2.05, 4.69) is 5.32 Å². The van der Waals surface area contributed by atoms with E-state index in [1.54, 1.807) is 24.8 Å². The summed E-state index contributed by atoms with van der Waals surface area (Å²) >= 11 is 5.67. The number of hydrogen-bond acceptors (Lipinski definition) is 3. The van der Waals surface area contributed by atoms with Crippen molar-refractivity contribution >= 4 is 17.6 Å². The molecule has 1 aromatic carbocycles. The number of morpholine rings is 1. The highest BCUT2D eigenvalue weighted by Gasteiger charge is 2.29. The van der Waals surface area contributed by atoms with Crippen molar-refractivity contribution in [2.24, 2.45) is 0 Å². The Morgan fingerprint density at radius 3 is 2.96 bits per heavy atom. The average molecular weight is 345 g/mol. The Balaban J connectivity index is 2.02. The monoisotopic (exact) mass is 344 g/mol. The first kappa shape index (κ1) is 18.0. The van der Waals surface area contributed by atoms with E-state index in [4.69, 9.17) is 16.3 Å². The summed E-state index contributed by atoms with van der Waals surface area (Å²) in [5, 5.41) is 12.5. The third-order valence-electron chi connectivity index (χ3n) is 3.89. The lowest BCUT2D eigenvalue weighted by molar-refractivity contribution is -0.00474. The quantitative estimate of drug-likeness (QED) is 0.882. The zero-order valence-corrected chi connectivity index (χ0v) is 14.0. The van der Waals surface area contributed by atoms with E-state index < -0.39 is 11.9 Å². The Morgan fingerprint density at radius 2 is 2.30 bits per heavy atom. The molecule has 2 rings (SSSR count). The lowest BCUT2D eigenvalue weighted by atomic mass is 10.1. The predicted octanol–water partition coefficient (Wildman–Crippen LogP) is 2.72. The number of benzene rings is 1. The van der Waals surface area contributed by atoms with Crippen LogP contribution in [0, 0.1) is 5.82 Å². The molecule has 7 heteroatoms. The summed E-state index contributed by atoms with van der Waals surface area (Å²) in [7, 11) is 0. The van der Waals surface area contributed by atoms with Crippen molar-refractivity contribution in [2.75, 3.05) is 19.8 Å². The van der Waals surface area contributed by atoms with Crippen LogP contribution in [0.5, 0.6) is 0 Å². The summed E-state index contributed by atoms with van der Waals surface area (Å²) in [6, 6.07) is 3.70. The molecule has 3 atom stereocenters. The van der Waals surface area contributed by atoms with Gasteiger partial charge in [0, 0.05) is 6.54 Å². The SMILES string of the molecule is C[C@H](O)C[C@H]1COCCN1C(=O)N[C@@H](C)c1ccc(Cl)c(F)c1. The van der Waals surface area contributed by atoms with Crippen LogP contribution in [0.4, 0.5) is 9.18 Å². The van der Waals surface area contributed by atoms with E-state index in [1.165, 1.54) is 12.1 Å². The van der Waals surface area contributed by atoms with Crippen LogP contribution in [0.25, 0.3) is 0 Å². The van der Waals surface area contributed by atoms with Crippen LogP contribution in [0.2, 0.25) is 5.02 Å². The molecule has 1 fully saturated rings. The minimum atomic E-state index is -0.514. The van der Waals surface area contributed by atoms with Crippen molar-refractivity contribution in [1.82, 2.24) is 10.2 Å². The van der Waals surface area contributed by atoms with Gasteiger partial charge >= 0.3 is 6.03 Å². The minimum absolute atomic E-state index is 0.0532. The van der Waals surface area contributed by atoms with Crippen LogP contribution < -0.4 is 5.32 Å². The largest absolute Gasteiger partial charge is 0.393 e. The Bertz CT molecular complexity index is 556. The van der Waals surface area contributed by atoms with Crippen LogP contribution in [-0.4, -0.2) is 47.9 Å². The van der Waals surface area contributed by atoms with Crippen molar-refractivity contribution in [3.05, 3.63) is 34.6 Å². The molecule has 0 saturated carbocycles. The fourth-order valence-corrected chi connectivity index (χ4v) is 2.76. The van der Waals surface area contributed by atoms with Gasteiger partial charge in [0.05, 0.1) is 36.4 Å². The van der Waals surface area contributed by atoms with Crippen LogP contribution in [0.1, 0.15) is 31.9 Å². The van der Waals surface area contributed by atoms with Crippen molar-refractivity contribution < 1.29 is 19.0 Å². The van der Waals surface area contributed by atoms with E-state index in [9.17, 15) is 14.3 Å². The topological polar surface area (TPSA) is 61.8 Å². The van der Waals surface area contributed by atoms with Gasteiger partial charge < -0.3 is 20.1 Å². The summed E-state index contributed by atoms with van der Waals surface area (Å²) in [6.07, 6.45) is -0.0584. The molecule has 2 N–H and O–H groups in total. The maximum absolute atomic E-state index is 13.5. The first-order chi connectivity index (χ1) is 10.9. The summed E-state index contributed by atoms with van der Waals surface area (Å²) in [5.74, 6) is -0.511. The minimum Gasteiger partial charge on any atom is -0.393 e. The van der Waals surface area contributed by atoms with Gasteiger partial charge in [-0.05, 0) is 38.0 Å². The number of halogens is 2. The molecular formula is C16H22ClFN2O3. The summed E-state index contributed by atoms with van der Waals surface area (Å²) < 4.78 is 18.9. The Kier molecular flexibility index (Phi) is 6.21. The van der Waals surface area contributed by atoms with E-state index >= 15 is 0 Å². The van der Waals surface area contributed by atoms with Crippen LogP contribution in [-0.2, 0) is 4.74 Å². The van der Waals surface area contributed by atoms with Crippen molar-refractivity contribution in [2.45, 2.75) is 38.5 Å². The molecule has 1 aromatic rings. The van der Waals surface area contributed by atoms with Crippen LogP contribution >= 0.6 is 11.6 Å². The first-order valence-electron chi connectivity index (χ1n) is 7.66. The molecule has 0 spiro atoms. The molecule has 0 unspecified atom stereocenters. The lowest BCUT2D eigenvalue weighted by Crippen LogP contribution is -2.53. The Hall–Kier alpha value is -1.37. The summed E-state index contributed by atoms with van der Waals surface area (Å²) in [6.45, 7) is 4.80. The van der Waals surface area contributed by atoms with Gasteiger partial charge in [-0.15, -0.1) is 0 Å². The van der Waals surface area contributed by atoms with Crippen LogP contribution in [0.3, 0.4) is 0 Å². The summed E-state index contributed by atoms with van der Waals surface area (Å²) in [4.78, 5) is 14.1. The third-order valence-corrected chi connectivity index (χ3v) is 4.19. The van der Waals surface area contributed by atoms with Crippen molar-refractivity contribution in [1.29, 1.82) is 0 Å². The van der Waals surface area contributed by atoms with Gasteiger partial charge in [0.2, 0.25) is 0 Å². The van der Waals surface area contributed by atoms with Crippen LogP contribution in [0.15, 0.2) is 18.2 Å². The zero-order chi connectivity index (χ0) is 17.0. The van der Waals surface area contributed by atoms with Crippen molar-refractivity contribution in [3.8, 4) is 0 Å². The second kappa shape index (κ2) is 7.95. The lowest BCUT2D eigenvalue weighted by Gasteiger charge is -2.37. The van der Waals surface area contributed by atoms with E-state index in [0.717, 1.165) is 0 Å². The highest BCUT2D eigenvalue weighted by molar-refractivity contribution is 6.30. The number of nitrogens with zero attached hydrogens (tertiary/aromatic N) is 1. The fraction of sp³-hybridized carbons (Fsp3) is 0.562. The standard InChI is InChI=1S/C16H22ClFN2O3/c1-10(21)7-13-9-23-6-5-20(13)16(22)19-11(2)12-3-4-14(17)15(18)8-12/h3-4,8,10-11,13,21H,5-7,9H2,1-2H3,(H,19,22)/t10-,11-,13-/m0/s1. The molecule has 23 heavy (non-hydrogen) atoms. The fourth-order valence-electron chi connectivity index (χ4n) is 2.64. The Morgan fingerprint density at radius 1 is 1.57 bits per heavy atom. The predicted molar refractivity (Wildman–Crippen MR) is 86.0 cm³/mol. The molecule has 2 amide bonds. The zero-order valence-electron chi connectivity index (χ0n) is 13.3. The van der Waals surface area contributed by atoms with Gasteiger partial charge in [-0.2, -0.15) is 0 Å². The second-order valence-electron chi connectivity index (χ2n) is 5.85. The van der Waals surface area contributed by atoms with Gasteiger partial charge in [-0.25, -0.2) is 9.18 Å². The number of hydrogen-bond donors (Lipinski definition) is 2. The highest BCUT2D eigenvalue weighted by atomic mass is 35.5. The van der Waals surface area contributed by atoms with Gasteiger partial charge in [0.15, 0.2) is 0 Å². The van der Waals surface area contributed by atoms with Gasteiger partial charge in [-0.1, -0.05) is 17.7 Å². The normalized spacial score (nSPS) is 20.9. The average Bonchev–Trinajstić information content (AvgIpc) is 2.49. The number of amides is 2. The molecule has 128 valence electrons. The number of carbonyl (C=O) groups excluding carboxylic acids is 1. The number of ether oxygens (including phenoxy) is 1. The number of nitrogens with one attached hydrogen (secondary N) is 1. The molecule has 0 aromatic heterocycles. The molecule has 0 radical (unpaired) electrons. The molecule has 0 bridgehead atoms. The van der Waals surface area contributed by atoms with E-state index in [-0.39, 0.29) is 23.1 Å². The highest BCUT2D eigenvalue weighted by Crippen LogP contribution is 2.21. The Labute approximate surface area is 140 Å². The van der Waals surface area contributed by atoms with E-state index in [1.807, 2.05) is 0 Å². The molecule has 1 saturated heterocycles. The molecule has 1 heterocycles. The van der Waals surface area contributed by atoms with Gasteiger partial charge in [0.25, 0.3) is 0 Å². The number of rotatable bonds is 4. The van der Waals surface area contributed by atoms with E-state index in [0.29, 0.717) is 31.7 Å². The molecule has 0 aliphatic carbocycles. The number of aliphatic hydroxyl groups is 1. The number of urea groups is 1. The second-order valence-corrected chi connectivity index (χ2v) is 6.26. The third kappa shape index (κ3) is 4.80. The number of aliphatic hydroxyl groups excluding tert-OH is 1. The molecule has 5 nitrogen and oxygen atoms in total. The van der Waals surface area contributed by atoms with Gasteiger partial charge in [0.1, 0.15) is 5.82 Å². The van der Waals surface area contributed by atoms with Gasteiger partial charge in [-0.3, -0.25) is 0 Å². The maximum Gasteiger partial charge on any atom is 0.318 e. The van der Waals surface area contributed by atoms with Crippen molar-refractivity contribution in [3.63, 3.8) is 0 Å².